The Labute approximate surface area is 107 Å². The number of nitrogens with zero attached hydrogens (tertiary/aromatic N) is 3. The number of halogens is 2. The molecule has 0 aliphatic rings. The number of hydrogen-bond donors (Lipinski definition) is 2. The largest absolute Gasteiger partial charge is 0.349 e. The molecule has 0 radical (unpaired) electrons. The molecule has 1 heterocycles. The lowest BCUT2D eigenvalue weighted by Gasteiger charge is -2.00. The Morgan fingerprint density at radius 3 is 2.84 bits per heavy atom. The SMILES string of the molecule is NCC(=O)NCc1cn(-c2ccc(F)c(F)c2)nn1. The molecule has 1 amide bonds. The van der Waals surface area contributed by atoms with Crippen LogP contribution in [-0.2, 0) is 11.3 Å². The van der Waals surface area contributed by atoms with Crippen LogP contribution >= 0.6 is 0 Å². The summed E-state index contributed by atoms with van der Waals surface area (Å²) in [7, 11) is 0. The van der Waals surface area contributed by atoms with Crippen LogP contribution in [0.25, 0.3) is 5.69 Å². The Morgan fingerprint density at radius 1 is 1.37 bits per heavy atom. The number of carbonyl (C=O) groups excluding carboxylic acids is 1. The summed E-state index contributed by atoms with van der Waals surface area (Å²) >= 11 is 0. The van der Waals surface area contributed by atoms with Crippen molar-refractivity contribution < 1.29 is 13.6 Å². The Morgan fingerprint density at radius 2 is 2.16 bits per heavy atom. The summed E-state index contributed by atoms with van der Waals surface area (Å²) in [5.74, 6) is -2.22. The van der Waals surface area contributed by atoms with Crippen molar-refractivity contribution >= 4 is 5.91 Å². The zero-order valence-corrected chi connectivity index (χ0v) is 9.81. The van der Waals surface area contributed by atoms with E-state index in [9.17, 15) is 13.6 Å². The molecule has 0 saturated heterocycles. The van der Waals surface area contributed by atoms with E-state index in [-0.39, 0.29) is 19.0 Å². The second kappa shape index (κ2) is 5.53. The average Bonchev–Trinajstić information content (AvgIpc) is 2.88. The van der Waals surface area contributed by atoms with E-state index in [1.807, 2.05) is 0 Å². The van der Waals surface area contributed by atoms with Gasteiger partial charge in [-0.05, 0) is 12.1 Å². The average molecular weight is 267 g/mol. The smallest absolute Gasteiger partial charge is 0.234 e. The fourth-order valence-corrected chi connectivity index (χ4v) is 1.39. The van der Waals surface area contributed by atoms with E-state index in [0.29, 0.717) is 11.4 Å². The third-order valence-corrected chi connectivity index (χ3v) is 2.36. The molecule has 100 valence electrons. The Bertz CT molecular complexity index is 599. The van der Waals surface area contributed by atoms with Gasteiger partial charge in [-0.15, -0.1) is 5.10 Å². The van der Waals surface area contributed by atoms with Crippen molar-refractivity contribution in [3.8, 4) is 5.69 Å². The first kappa shape index (κ1) is 13.1. The molecule has 0 fully saturated rings. The number of amides is 1. The predicted molar refractivity (Wildman–Crippen MR) is 62.2 cm³/mol. The van der Waals surface area contributed by atoms with Crippen LogP contribution in [0.4, 0.5) is 8.78 Å². The van der Waals surface area contributed by atoms with Gasteiger partial charge < -0.3 is 11.1 Å². The van der Waals surface area contributed by atoms with E-state index < -0.39 is 11.6 Å². The van der Waals surface area contributed by atoms with Gasteiger partial charge in [0, 0.05) is 6.07 Å². The van der Waals surface area contributed by atoms with Crippen molar-refractivity contribution in [2.75, 3.05) is 6.54 Å². The van der Waals surface area contributed by atoms with Crippen molar-refractivity contribution in [1.29, 1.82) is 0 Å². The van der Waals surface area contributed by atoms with Gasteiger partial charge in [0.2, 0.25) is 5.91 Å². The molecule has 3 N–H and O–H groups in total. The topological polar surface area (TPSA) is 85.8 Å². The van der Waals surface area contributed by atoms with E-state index in [2.05, 4.69) is 15.6 Å². The number of nitrogens with one attached hydrogen (secondary N) is 1. The summed E-state index contributed by atoms with van der Waals surface area (Å²) in [6.07, 6.45) is 1.50. The number of rotatable bonds is 4. The van der Waals surface area contributed by atoms with Crippen LogP contribution in [0.1, 0.15) is 5.69 Å². The number of hydrogen-bond acceptors (Lipinski definition) is 4. The molecule has 0 bridgehead atoms. The second-order valence-corrected chi connectivity index (χ2v) is 3.73. The summed E-state index contributed by atoms with van der Waals surface area (Å²) < 4.78 is 27.1. The fraction of sp³-hybridized carbons (Fsp3) is 0.182. The van der Waals surface area contributed by atoms with Crippen molar-refractivity contribution in [2.45, 2.75) is 6.54 Å². The highest BCUT2D eigenvalue weighted by molar-refractivity contribution is 5.77. The van der Waals surface area contributed by atoms with Crippen LogP contribution in [0.2, 0.25) is 0 Å². The van der Waals surface area contributed by atoms with Crippen molar-refractivity contribution in [3.63, 3.8) is 0 Å². The lowest BCUT2D eigenvalue weighted by Crippen LogP contribution is -2.29. The van der Waals surface area contributed by atoms with Gasteiger partial charge in [-0.2, -0.15) is 0 Å². The molecule has 0 unspecified atom stereocenters. The Hall–Kier alpha value is -2.35. The quantitative estimate of drug-likeness (QED) is 0.824. The summed E-state index contributed by atoms with van der Waals surface area (Å²) in [5.41, 5.74) is 5.95. The van der Waals surface area contributed by atoms with Crippen LogP contribution < -0.4 is 11.1 Å². The lowest BCUT2D eigenvalue weighted by atomic mass is 10.3. The second-order valence-electron chi connectivity index (χ2n) is 3.73. The van der Waals surface area contributed by atoms with Gasteiger partial charge >= 0.3 is 0 Å². The van der Waals surface area contributed by atoms with Crippen LogP contribution in [0.3, 0.4) is 0 Å². The first-order chi connectivity index (χ1) is 9.10. The standard InChI is InChI=1S/C11H11F2N5O/c12-9-2-1-8(3-10(9)13)18-6-7(16-17-18)5-15-11(19)4-14/h1-3,6H,4-5,14H2,(H,15,19). The van der Waals surface area contributed by atoms with Crippen LogP contribution in [0.5, 0.6) is 0 Å². The molecule has 2 aromatic rings. The fourth-order valence-electron chi connectivity index (χ4n) is 1.39. The molecule has 2 rings (SSSR count). The molecule has 8 heteroatoms. The summed E-state index contributed by atoms with van der Waals surface area (Å²) in [5, 5.41) is 10.1. The van der Waals surface area contributed by atoms with Crippen molar-refractivity contribution in [2.24, 2.45) is 5.73 Å². The zero-order valence-electron chi connectivity index (χ0n) is 9.81. The molecule has 6 nitrogen and oxygen atoms in total. The van der Waals surface area contributed by atoms with Crippen LogP contribution in [-0.4, -0.2) is 27.4 Å². The first-order valence-electron chi connectivity index (χ1n) is 5.43. The third-order valence-electron chi connectivity index (χ3n) is 2.36. The van der Waals surface area contributed by atoms with Crippen molar-refractivity contribution in [3.05, 3.63) is 41.7 Å². The number of aromatic nitrogens is 3. The van der Waals surface area contributed by atoms with E-state index in [0.717, 1.165) is 12.1 Å². The molecule has 0 aliphatic heterocycles. The monoisotopic (exact) mass is 267 g/mol. The molecule has 0 aliphatic carbocycles. The zero-order chi connectivity index (χ0) is 13.8. The molecular weight excluding hydrogens is 256 g/mol. The number of carbonyl (C=O) groups is 1. The Balaban J connectivity index is 2.12. The maximum atomic E-state index is 13.1. The van der Waals surface area contributed by atoms with Gasteiger partial charge in [-0.3, -0.25) is 4.79 Å². The normalized spacial score (nSPS) is 10.5. The maximum Gasteiger partial charge on any atom is 0.234 e. The lowest BCUT2D eigenvalue weighted by molar-refractivity contribution is -0.119. The molecule has 1 aromatic carbocycles. The highest BCUT2D eigenvalue weighted by Crippen LogP contribution is 2.12. The highest BCUT2D eigenvalue weighted by Gasteiger charge is 2.07. The van der Waals surface area contributed by atoms with E-state index >= 15 is 0 Å². The highest BCUT2D eigenvalue weighted by atomic mass is 19.2. The van der Waals surface area contributed by atoms with E-state index in [1.54, 1.807) is 0 Å². The summed E-state index contributed by atoms with van der Waals surface area (Å²) in [4.78, 5) is 11.0. The van der Waals surface area contributed by atoms with Crippen LogP contribution in [0, 0.1) is 11.6 Å². The van der Waals surface area contributed by atoms with Gasteiger partial charge in [-0.25, -0.2) is 13.5 Å². The van der Waals surface area contributed by atoms with Crippen molar-refractivity contribution in [1.82, 2.24) is 20.3 Å². The molecule has 0 saturated carbocycles. The van der Waals surface area contributed by atoms with Crippen LogP contribution in [0.15, 0.2) is 24.4 Å². The minimum absolute atomic E-state index is 0.114. The first-order valence-corrected chi connectivity index (χ1v) is 5.43. The molecule has 19 heavy (non-hydrogen) atoms. The van der Waals surface area contributed by atoms with Gasteiger partial charge in [0.15, 0.2) is 11.6 Å². The van der Waals surface area contributed by atoms with Gasteiger partial charge in [0.25, 0.3) is 0 Å². The number of nitrogens with two attached hydrogens (primary N) is 1. The molecular formula is C11H11F2N5O. The molecule has 0 atom stereocenters. The summed E-state index contributed by atoms with van der Waals surface area (Å²) in [6, 6.07) is 3.38. The van der Waals surface area contributed by atoms with Gasteiger partial charge in [0.05, 0.1) is 25.0 Å². The molecule has 0 spiro atoms. The number of benzene rings is 1. The van der Waals surface area contributed by atoms with Gasteiger partial charge in [-0.1, -0.05) is 5.21 Å². The van der Waals surface area contributed by atoms with E-state index in [4.69, 9.17) is 5.73 Å². The molecule has 1 aromatic heterocycles. The third kappa shape index (κ3) is 3.10. The van der Waals surface area contributed by atoms with E-state index in [1.165, 1.54) is 16.9 Å². The van der Waals surface area contributed by atoms with Gasteiger partial charge in [0.1, 0.15) is 5.69 Å². The maximum absolute atomic E-state index is 13.1. The summed E-state index contributed by atoms with van der Waals surface area (Å²) in [6.45, 7) is 0.0526. The minimum Gasteiger partial charge on any atom is -0.349 e. The minimum atomic E-state index is -0.967. The predicted octanol–water partition coefficient (Wildman–Crippen LogP) is 0.120. The Kier molecular flexibility index (Phi) is 3.81.